The van der Waals surface area contributed by atoms with Crippen molar-refractivity contribution in [1.29, 1.82) is 0 Å². The molecule has 0 saturated carbocycles. The van der Waals surface area contributed by atoms with E-state index in [9.17, 15) is 9.90 Å². The summed E-state index contributed by atoms with van der Waals surface area (Å²) < 4.78 is 8.32. The number of aromatic carboxylic acids is 1. The summed E-state index contributed by atoms with van der Waals surface area (Å²) in [6.07, 6.45) is 6.52. The average Bonchev–Trinajstić information content (AvgIpc) is 3.60. The van der Waals surface area contributed by atoms with Gasteiger partial charge in [0, 0.05) is 32.0 Å². The molecule has 3 heterocycles. The molecule has 2 aromatic heterocycles. The number of hydrogen-bond donors (Lipinski definition) is 1. The smallest absolute Gasteiger partial charge is 0.335 e. The maximum atomic E-state index is 11.2. The van der Waals surface area contributed by atoms with Gasteiger partial charge in [-0.1, -0.05) is 54.6 Å². The third-order valence-corrected chi connectivity index (χ3v) is 7.48. The number of aryl methyl sites for hydroxylation is 2. The molecule has 1 aliphatic heterocycles. The van der Waals surface area contributed by atoms with Gasteiger partial charge in [-0.05, 0) is 54.7 Å². The number of piperidine rings is 1. The SMILES string of the molecule is O=C(O)c1ccc(CCn2ccnc2C2(c3ccccc3)CCN(c3nc4ccccc4o3)CC2)cc1. The van der Waals surface area contributed by atoms with E-state index in [0.29, 0.717) is 11.6 Å². The molecule has 3 aromatic carbocycles. The Hall–Kier alpha value is -4.39. The number of aromatic nitrogens is 3. The van der Waals surface area contributed by atoms with Crippen LogP contribution in [0.1, 0.15) is 40.2 Å². The van der Waals surface area contributed by atoms with Crippen LogP contribution in [0.3, 0.4) is 0 Å². The summed E-state index contributed by atoms with van der Waals surface area (Å²) in [6, 6.07) is 26.3. The third kappa shape index (κ3) is 4.37. The van der Waals surface area contributed by atoms with Crippen LogP contribution < -0.4 is 4.90 Å². The third-order valence-electron chi connectivity index (χ3n) is 7.48. The van der Waals surface area contributed by atoms with Crippen LogP contribution in [0.4, 0.5) is 6.01 Å². The predicted octanol–water partition coefficient (Wildman–Crippen LogP) is 5.55. The van der Waals surface area contributed by atoms with Crippen LogP contribution in [0, 0.1) is 0 Å². The molecule has 1 N–H and O–H groups in total. The Morgan fingerprint density at radius 2 is 1.68 bits per heavy atom. The zero-order valence-corrected chi connectivity index (χ0v) is 20.5. The molecule has 7 nitrogen and oxygen atoms in total. The standard InChI is InChI=1S/C30H28N4O3/c35-27(36)23-12-10-22(11-13-23)14-18-33-21-17-31-28(33)30(24-6-2-1-3-7-24)15-19-34(20-16-30)29-32-25-8-4-5-9-26(25)37-29/h1-13,17,21H,14-16,18-20H2,(H,35,36). The Labute approximate surface area is 215 Å². The molecular formula is C30H28N4O3. The molecular weight excluding hydrogens is 464 g/mol. The number of para-hydroxylation sites is 2. The van der Waals surface area contributed by atoms with E-state index in [1.165, 1.54) is 5.56 Å². The van der Waals surface area contributed by atoms with Gasteiger partial charge in [-0.15, -0.1) is 0 Å². The second-order valence-corrected chi connectivity index (χ2v) is 9.60. The summed E-state index contributed by atoms with van der Waals surface area (Å²) in [7, 11) is 0. The maximum Gasteiger partial charge on any atom is 0.335 e. The summed E-state index contributed by atoms with van der Waals surface area (Å²) >= 11 is 0. The first-order chi connectivity index (χ1) is 18.1. The van der Waals surface area contributed by atoms with Crippen molar-refractivity contribution in [3.63, 3.8) is 0 Å². The first-order valence-corrected chi connectivity index (χ1v) is 12.6. The van der Waals surface area contributed by atoms with Crippen molar-refractivity contribution in [2.75, 3.05) is 18.0 Å². The van der Waals surface area contributed by atoms with Crippen LogP contribution >= 0.6 is 0 Å². The molecule has 1 fully saturated rings. The average molecular weight is 493 g/mol. The highest BCUT2D eigenvalue weighted by Gasteiger charge is 2.42. The molecule has 0 aliphatic carbocycles. The summed E-state index contributed by atoms with van der Waals surface area (Å²) in [5.74, 6) is 0.163. The van der Waals surface area contributed by atoms with Crippen molar-refractivity contribution in [3.8, 4) is 0 Å². The van der Waals surface area contributed by atoms with Crippen LogP contribution in [0.5, 0.6) is 0 Å². The van der Waals surface area contributed by atoms with Crippen LogP contribution in [0.15, 0.2) is 95.7 Å². The molecule has 0 unspecified atom stereocenters. The Morgan fingerprint density at radius 1 is 0.946 bits per heavy atom. The first kappa shape index (κ1) is 23.0. The normalized spacial score (nSPS) is 15.2. The van der Waals surface area contributed by atoms with Crippen molar-refractivity contribution in [2.24, 2.45) is 0 Å². The zero-order valence-electron chi connectivity index (χ0n) is 20.5. The van der Waals surface area contributed by atoms with Crippen molar-refractivity contribution in [3.05, 3.63) is 114 Å². The largest absolute Gasteiger partial charge is 0.478 e. The lowest BCUT2D eigenvalue weighted by molar-refractivity contribution is 0.0697. The molecule has 1 saturated heterocycles. The van der Waals surface area contributed by atoms with E-state index in [1.54, 1.807) is 12.1 Å². The van der Waals surface area contributed by atoms with E-state index in [1.807, 2.05) is 42.6 Å². The van der Waals surface area contributed by atoms with Crippen LogP contribution in [0.25, 0.3) is 11.1 Å². The molecule has 37 heavy (non-hydrogen) atoms. The number of anilines is 1. The summed E-state index contributed by atoms with van der Waals surface area (Å²) in [4.78, 5) is 23.0. The number of imidazole rings is 1. The van der Waals surface area contributed by atoms with E-state index in [-0.39, 0.29) is 5.41 Å². The number of carboxylic acid groups (broad SMARTS) is 1. The predicted molar refractivity (Wildman–Crippen MR) is 142 cm³/mol. The van der Waals surface area contributed by atoms with Gasteiger partial charge < -0.3 is 19.0 Å². The quantitative estimate of drug-likeness (QED) is 0.321. The summed E-state index contributed by atoms with van der Waals surface area (Å²) in [5, 5.41) is 9.18. The van der Waals surface area contributed by atoms with Gasteiger partial charge in [0.25, 0.3) is 6.01 Å². The molecule has 7 heteroatoms. The van der Waals surface area contributed by atoms with Crippen LogP contribution in [-0.2, 0) is 18.4 Å². The first-order valence-electron chi connectivity index (χ1n) is 12.6. The zero-order chi connectivity index (χ0) is 25.2. The number of benzene rings is 3. The van der Waals surface area contributed by atoms with Gasteiger partial charge in [-0.3, -0.25) is 0 Å². The van der Waals surface area contributed by atoms with E-state index >= 15 is 0 Å². The van der Waals surface area contributed by atoms with Gasteiger partial charge in [-0.2, -0.15) is 4.98 Å². The lowest BCUT2D eigenvalue weighted by Crippen LogP contribution is -2.45. The second-order valence-electron chi connectivity index (χ2n) is 9.60. The summed E-state index contributed by atoms with van der Waals surface area (Å²) in [6.45, 7) is 2.39. The molecule has 0 amide bonds. The lowest BCUT2D eigenvalue weighted by Gasteiger charge is -2.41. The number of hydrogen-bond acceptors (Lipinski definition) is 5. The van der Waals surface area contributed by atoms with Gasteiger partial charge in [0.05, 0.1) is 11.0 Å². The molecule has 1 aliphatic rings. The molecule has 5 aromatic rings. The Balaban J connectivity index is 1.26. The highest BCUT2D eigenvalue weighted by atomic mass is 16.4. The number of rotatable bonds is 7. The minimum Gasteiger partial charge on any atom is -0.478 e. The van der Waals surface area contributed by atoms with Gasteiger partial charge in [0.15, 0.2) is 5.58 Å². The number of nitrogens with zero attached hydrogens (tertiary/aromatic N) is 4. The van der Waals surface area contributed by atoms with Crippen molar-refractivity contribution >= 4 is 23.1 Å². The van der Waals surface area contributed by atoms with Gasteiger partial charge >= 0.3 is 5.97 Å². The highest BCUT2D eigenvalue weighted by molar-refractivity contribution is 5.87. The topological polar surface area (TPSA) is 84.4 Å². The van der Waals surface area contributed by atoms with E-state index in [4.69, 9.17) is 14.4 Å². The van der Waals surface area contributed by atoms with E-state index in [2.05, 4.69) is 46.0 Å². The van der Waals surface area contributed by atoms with Crippen molar-refractivity contribution in [1.82, 2.24) is 14.5 Å². The monoisotopic (exact) mass is 492 g/mol. The minimum absolute atomic E-state index is 0.222. The van der Waals surface area contributed by atoms with Crippen molar-refractivity contribution in [2.45, 2.75) is 31.2 Å². The molecule has 0 bridgehead atoms. The van der Waals surface area contributed by atoms with Crippen LogP contribution in [-0.4, -0.2) is 38.7 Å². The summed E-state index contributed by atoms with van der Waals surface area (Å²) in [5.41, 5.74) is 4.14. The molecule has 0 radical (unpaired) electrons. The second kappa shape index (κ2) is 9.58. The Morgan fingerprint density at radius 3 is 2.41 bits per heavy atom. The van der Waals surface area contributed by atoms with Gasteiger partial charge in [0.1, 0.15) is 11.3 Å². The fourth-order valence-electron chi connectivity index (χ4n) is 5.45. The highest BCUT2D eigenvalue weighted by Crippen LogP contribution is 2.42. The number of carboxylic acids is 1. The van der Waals surface area contributed by atoms with Gasteiger partial charge in [0.2, 0.25) is 0 Å². The maximum absolute atomic E-state index is 11.2. The van der Waals surface area contributed by atoms with Crippen LogP contribution in [0.2, 0.25) is 0 Å². The molecule has 0 atom stereocenters. The fraction of sp³-hybridized carbons (Fsp3) is 0.233. The fourth-order valence-corrected chi connectivity index (χ4v) is 5.45. The van der Waals surface area contributed by atoms with E-state index in [0.717, 1.165) is 61.4 Å². The van der Waals surface area contributed by atoms with Gasteiger partial charge in [-0.25, -0.2) is 9.78 Å². The minimum atomic E-state index is -0.905. The molecule has 6 rings (SSSR count). The number of carbonyl (C=O) groups is 1. The molecule has 186 valence electrons. The lowest BCUT2D eigenvalue weighted by atomic mass is 9.72. The van der Waals surface area contributed by atoms with Crippen molar-refractivity contribution < 1.29 is 14.3 Å². The Kier molecular flexibility index (Phi) is 5.96. The number of oxazole rings is 1. The molecule has 0 spiro atoms. The number of fused-ring (bicyclic) bond motifs is 1. The Bertz CT molecular complexity index is 1480. The van der Waals surface area contributed by atoms with E-state index < -0.39 is 5.97 Å².